The van der Waals surface area contributed by atoms with Gasteiger partial charge < -0.3 is 10.1 Å². The Morgan fingerprint density at radius 2 is 1.81 bits per heavy atom. The Morgan fingerprint density at radius 3 is 2.33 bits per heavy atom. The Morgan fingerprint density at radius 1 is 1.14 bits per heavy atom. The van der Waals surface area contributed by atoms with Gasteiger partial charge in [-0.05, 0) is 67.6 Å². The maximum atomic E-state index is 5.75. The highest BCUT2D eigenvalue weighted by atomic mass is 16.5. The predicted octanol–water partition coefficient (Wildman–Crippen LogP) is 4.56. The first-order chi connectivity index (χ1) is 10.1. The first-order valence-corrected chi connectivity index (χ1v) is 8.55. The molecule has 2 aliphatic carbocycles. The molecule has 0 aromatic heterocycles. The molecule has 0 aliphatic heterocycles. The van der Waals surface area contributed by atoms with Gasteiger partial charge in [0.1, 0.15) is 5.75 Å². The van der Waals surface area contributed by atoms with Gasteiger partial charge in [-0.1, -0.05) is 26.0 Å². The van der Waals surface area contributed by atoms with E-state index in [0.29, 0.717) is 17.4 Å². The SMILES string of the molecule is CC(C)COc1ccc(C(C)NCC2(C3CC3)CC2)cc1. The summed E-state index contributed by atoms with van der Waals surface area (Å²) in [7, 11) is 0. The summed E-state index contributed by atoms with van der Waals surface area (Å²) in [6.45, 7) is 8.61. The number of nitrogens with one attached hydrogen (secondary N) is 1. The molecule has 1 aromatic carbocycles. The third-order valence-electron chi connectivity index (χ3n) is 5.06. The molecule has 2 fully saturated rings. The van der Waals surface area contributed by atoms with Crippen molar-refractivity contribution in [1.82, 2.24) is 5.32 Å². The Kier molecular flexibility index (Phi) is 4.26. The molecule has 0 radical (unpaired) electrons. The minimum atomic E-state index is 0.431. The second-order valence-corrected chi connectivity index (χ2v) is 7.51. The number of hydrogen-bond donors (Lipinski definition) is 1. The fraction of sp³-hybridized carbons (Fsp3) is 0.684. The lowest BCUT2D eigenvalue weighted by atomic mass is 9.99. The Hall–Kier alpha value is -1.02. The quantitative estimate of drug-likeness (QED) is 0.756. The topological polar surface area (TPSA) is 21.3 Å². The van der Waals surface area contributed by atoms with E-state index in [1.54, 1.807) is 0 Å². The van der Waals surface area contributed by atoms with Crippen molar-refractivity contribution in [2.24, 2.45) is 17.3 Å². The Bertz CT molecular complexity index is 457. The maximum Gasteiger partial charge on any atom is 0.119 e. The molecule has 0 amide bonds. The molecule has 2 heteroatoms. The zero-order valence-electron chi connectivity index (χ0n) is 13.7. The van der Waals surface area contributed by atoms with Gasteiger partial charge >= 0.3 is 0 Å². The average molecular weight is 287 g/mol. The van der Waals surface area contributed by atoms with Crippen LogP contribution in [0.25, 0.3) is 0 Å². The molecule has 2 aliphatic rings. The van der Waals surface area contributed by atoms with Crippen LogP contribution in [0.5, 0.6) is 5.75 Å². The monoisotopic (exact) mass is 287 g/mol. The van der Waals surface area contributed by atoms with E-state index in [1.807, 2.05) is 0 Å². The lowest BCUT2D eigenvalue weighted by molar-refractivity contribution is 0.271. The molecule has 116 valence electrons. The second kappa shape index (κ2) is 6.00. The van der Waals surface area contributed by atoms with Gasteiger partial charge in [-0.3, -0.25) is 0 Å². The summed E-state index contributed by atoms with van der Waals surface area (Å²) in [6.07, 6.45) is 5.83. The van der Waals surface area contributed by atoms with Crippen LogP contribution in [0.4, 0.5) is 0 Å². The van der Waals surface area contributed by atoms with Gasteiger partial charge in [0.25, 0.3) is 0 Å². The van der Waals surface area contributed by atoms with Crippen molar-refractivity contribution in [3.63, 3.8) is 0 Å². The highest BCUT2D eigenvalue weighted by Crippen LogP contribution is 2.60. The molecule has 0 heterocycles. The van der Waals surface area contributed by atoms with Gasteiger partial charge in [0.2, 0.25) is 0 Å². The number of hydrogen-bond acceptors (Lipinski definition) is 2. The van der Waals surface area contributed by atoms with Crippen LogP contribution in [0.1, 0.15) is 58.1 Å². The molecule has 2 saturated carbocycles. The van der Waals surface area contributed by atoms with Crippen molar-refractivity contribution in [3.05, 3.63) is 29.8 Å². The van der Waals surface area contributed by atoms with Gasteiger partial charge in [0.05, 0.1) is 6.61 Å². The highest BCUT2D eigenvalue weighted by molar-refractivity contribution is 5.29. The molecule has 21 heavy (non-hydrogen) atoms. The van der Waals surface area contributed by atoms with E-state index in [4.69, 9.17) is 4.74 Å². The summed E-state index contributed by atoms with van der Waals surface area (Å²) in [6, 6.07) is 9.03. The number of benzene rings is 1. The molecular weight excluding hydrogens is 258 g/mol. The molecule has 0 saturated heterocycles. The Balaban J connectivity index is 1.49. The first-order valence-electron chi connectivity index (χ1n) is 8.55. The molecule has 1 unspecified atom stereocenters. The summed E-state index contributed by atoms with van der Waals surface area (Å²) < 4.78 is 5.75. The van der Waals surface area contributed by atoms with Crippen molar-refractivity contribution < 1.29 is 4.74 Å². The molecule has 1 atom stereocenters. The predicted molar refractivity (Wildman–Crippen MR) is 87.6 cm³/mol. The van der Waals surface area contributed by atoms with Crippen molar-refractivity contribution in [3.8, 4) is 5.75 Å². The highest BCUT2D eigenvalue weighted by Gasteiger charge is 2.53. The minimum Gasteiger partial charge on any atom is -0.493 e. The number of rotatable bonds is 8. The van der Waals surface area contributed by atoms with E-state index in [1.165, 1.54) is 37.8 Å². The zero-order chi connectivity index (χ0) is 14.9. The van der Waals surface area contributed by atoms with Crippen molar-refractivity contribution >= 4 is 0 Å². The smallest absolute Gasteiger partial charge is 0.119 e. The van der Waals surface area contributed by atoms with Crippen LogP contribution < -0.4 is 10.1 Å². The molecule has 0 spiro atoms. The van der Waals surface area contributed by atoms with Crippen LogP contribution in [0.15, 0.2) is 24.3 Å². The minimum absolute atomic E-state index is 0.431. The van der Waals surface area contributed by atoms with Crippen LogP contribution >= 0.6 is 0 Å². The molecular formula is C19H29NO. The van der Waals surface area contributed by atoms with E-state index in [2.05, 4.69) is 50.4 Å². The fourth-order valence-corrected chi connectivity index (χ4v) is 3.18. The standard InChI is InChI=1S/C19H29NO/c1-14(2)12-21-18-8-4-16(5-9-18)15(3)20-13-19(10-11-19)17-6-7-17/h4-5,8-9,14-15,17,20H,6-7,10-13H2,1-3H3. The van der Waals surface area contributed by atoms with E-state index in [-0.39, 0.29) is 0 Å². The third kappa shape index (κ3) is 3.79. The van der Waals surface area contributed by atoms with Gasteiger partial charge in [-0.25, -0.2) is 0 Å². The van der Waals surface area contributed by atoms with Crippen molar-refractivity contribution in [2.45, 2.75) is 52.5 Å². The van der Waals surface area contributed by atoms with Gasteiger partial charge in [0.15, 0.2) is 0 Å². The fourth-order valence-electron chi connectivity index (χ4n) is 3.18. The summed E-state index contributed by atoms with van der Waals surface area (Å²) in [5, 5.41) is 3.75. The summed E-state index contributed by atoms with van der Waals surface area (Å²) in [5.74, 6) is 2.59. The normalized spacial score (nSPS) is 21.3. The number of ether oxygens (including phenoxy) is 1. The van der Waals surface area contributed by atoms with E-state index in [9.17, 15) is 0 Å². The first kappa shape index (κ1) is 14.9. The third-order valence-corrected chi connectivity index (χ3v) is 5.06. The van der Waals surface area contributed by atoms with E-state index < -0.39 is 0 Å². The Labute approximate surface area is 129 Å². The van der Waals surface area contributed by atoms with Crippen molar-refractivity contribution in [2.75, 3.05) is 13.2 Å². The van der Waals surface area contributed by atoms with E-state index >= 15 is 0 Å². The zero-order valence-corrected chi connectivity index (χ0v) is 13.7. The molecule has 3 rings (SSSR count). The molecule has 1 aromatic rings. The summed E-state index contributed by atoms with van der Waals surface area (Å²) >= 11 is 0. The average Bonchev–Trinajstić information content (AvgIpc) is 3.36. The van der Waals surface area contributed by atoms with Gasteiger partial charge in [-0.2, -0.15) is 0 Å². The van der Waals surface area contributed by atoms with Crippen LogP contribution in [0.2, 0.25) is 0 Å². The lowest BCUT2D eigenvalue weighted by Gasteiger charge is -2.20. The van der Waals surface area contributed by atoms with E-state index in [0.717, 1.165) is 18.3 Å². The van der Waals surface area contributed by atoms with Gasteiger partial charge in [-0.15, -0.1) is 0 Å². The molecule has 2 nitrogen and oxygen atoms in total. The van der Waals surface area contributed by atoms with Crippen LogP contribution in [-0.2, 0) is 0 Å². The largest absolute Gasteiger partial charge is 0.493 e. The maximum absolute atomic E-state index is 5.75. The summed E-state index contributed by atoms with van der Waals surface area (Å²) in [5.41, 5.74) is 2.03. The van der Waals surface area contributed by atoms with Crippen LogP contribution in [-0.4, -0.2) is 13.2 Å². The second-order valence-electron chi connectivity index (χ2n) is 7.51. The molecule has 1 N–H and O–H groups in total. The summed E-state index contributed by atoms with van der Waals surface area (Å²) in [4.78, 5) is 0. The molecule has 0 bridgehead atoms. The lowest BCUT2D eigenvalue weighted by Crippen LogP contribution is -2.27. The van der Waals surface area contributed by atoms with Crippen LogP contribution in [0, 0.1) is 17.3 Å². The van der Waals surface area contributed by atoms with Crippen LogP contribution in [0.3, 0.4) is 0 Å². The van der Waals surface area contributed by atoms with Gasteiger partial charge in [0, 0.05) is 12.6 Å². The van der Waals surface area contributed by atoms with Crippen molar-refractivity contribution in [1.29, 1.82) is 0 Å².